The Hall–Kier alpha value is -2.67. The lowest BCUT2D eigenvalue weighted by molar-refractivity contribution is 0.181. The number of benzene rings is 2. The molecule has 0 aliphatic heterocycles. The highest BCUT2D eigenvalue weighted by Crippen LogP contribution is 2.15. The number of guanidine groups is 1. The maximum absolute atomic E-state index is 13.7. The van der Waals surface area contributed by atoms with Crippen molar-refractivity contribution in [3.8, 4) is 5.75 Å². The van der Waals surface area contributed by atoms with Crippen molar-refractivity contribution in [2.24, 2.45) is 4.99 Å². The Labute approximate surface area is 158 Å². The van der Waals surface area contributed by atoms with Gasteiger partial charge in [0.1, 0.15) is 12.4 Å². The Morgan fingerprint density at radius 3 is 2.63 bits per heavy atom. The SMILES string of the molecule is CN=C(NCc1ccc(F)c(COC)c1)N(C)CCOc1ccccc1F. The van der Waals surface area contributed by atoms with Crippen LogP contribution >= 0.6 is 0 Å². The second kappa shape index (κ2) is 10.5. The Morgan fingerprint density at radius 1 is 1.15 bits per heavy atom. The molecule has 0 aromatic heterocycles. The van der Waals surface area contributed by atoms with Crippen molar-refractivity contribution in [2.45, 2.75) is 13.2 Å². The maximum atomic E-state index is 13.7. The number of rotatable bonds is 8. The Balaban J connectivity index is 1.85. The van der Waals surface area contributed by atoms with Gasteiger partial charge in [0.2, 0.25) is 0 Å². The predicted molar refractivity (Wildman–Crippen MR) is 102 cm³/mol. The van der Waals surface area contributed by atoms with Gasteiger partial charge in [-0.15, -0.1) is 0 Å². The number of nitrogens with zero attached hydrogens (tertiary/aromatic N) is 2. The molecule has 1 N–H and O–H groups in total. The van der Waals surface area contributed by atoms with E-state index in [1.165, 1.54) is 19.2 Å². The Kier molecular flexibility index (Phi) is 8.00. The van der Waals surface area contributed by atoms with Gasteiger partial charge < -0.3 is 19.7 Å². The van der Waals surface area contributed by atoms with Crippen LogP contribution in [0.3, 0.4) is 0 Å². The van der Waals surface area contributed by atoms with Crippen LogP contribution < -0.4 is 10.1 Å². The number of para-hydroxylation sites is 1. The molecule has 0 radical (unpaired) electrons. The highest BCUT2D eigenvalue weighted by atomic mass is 19.1. The van der Waals surface area contributed by atoms with E-state index in [4.69, 9.17) is 9.47 Å². The molecule has 2 aromatic carbocycles. The third-order valence-corrected chi connectivity index (χ3v) is 3.95. The molecule has 146 valence electrons. The molecule has 0 aliphatic rings. The van der Waals surface area contributed by atoms with Gasteiger partial charge in [0, 0.05) is 33.3 Å². The van der Waals surface area contributed by atoms with Gasteiger partial charge in [-0.25, -0.2) is 8.78 Å². The summed E-state index contributed by atoms with van der Waals surface area (Å²) in [6.07, 6.45) is 0. The average molecular weight is 377 g/mol. The molecule has 5 nitrogen and oxygen atoms in total. The summed E-state index contributed by atoms with van der Waals surface area (Å²) in [5.41, 5.74) is 1.43. The molecule has 0 heterocycles. The van der Waals surface area contributed by atoms with E-state index in [0.29, 0.717) is 31.2 Å². The van der Waals surface area contributed by atoms with E-state index in [0.717, 1.165) is 5.56 Å². The van der Waals surface area contributed by atoms with E-state index in [2.05, 4.69) is 10.3 Å². The van der Waals surface area contributed by atoms with Crippen molar-refractivity contribution in [1.82, 2.24) is 10.2 Å². The van der Waals surface area contributed by atoms with Crippen LogP contribution in [0.15, 0.2) is 47.5 Å². The lowest BCUT2D eigenvalue weighted by Gasteiger charge is -2.22. The minimum atomic E-state index is -0.383. The molecule has 0 unspecified atom stereocenters. The maximum Gasteiger partial charge on any atom is 0.193 e. The Morgan fingerprint density at radius 2 is 1.93 bits per heavy atom. The van der Waals surface area contributed by atoms with Gasteiger partial charge in [-0.3, -0.25) is 4.99 Å². The molecule has 7 heteroatoms. The van der Waals surface area contributed by atoms with Crippen LogP contribution in [0.5, 0.6) is 5.75 Å². The molecule has 0 fully saturated rings. The first-order valence-corrected chi connectivity index (χ1v) is 8.60. The first-order chi connectivity index (χ1) is 13.0. The lowest BCUT2D eigenvalue weighted by atomic mass is 10.1. The summed E-state index contributed by atoms with van der Waals surface area (Å²) in [6.45, 7) is 1.54. The fourth-order valence-electron chi connectivity index (χ4n) is 2.53. The monoisotopic (exact) mass is 377 g/mol. The topological polar surface area (TPSA) is 46.1 Å². The summed E-state index contributed by atoms with van der Waals surface area (Å²) in [5, 5.41) is 3.22. The van der Waals surface area contributed by atoms with Crippen LogP contribution in [0.1, 0.15) is 11.1 Å². The minimum Gasteiger partial charge on any atom is -0.489 e. The summed E-state index contributed by atoms with van der Waals surface area (Å²) in [7, 11) is 5.07. The molecule has 0 spiro atoms. The highest BCUT2D eigenvalue weighted by molar-refractivity contribution is 5.79. The van der Waals surface area contributed by atoms with Crippen molar-refractivity contribution in [3.63, 3.8) is 0 Å². The van der Waals surface area contributed by atoms with E-state index in [9.17, 15) is 8.78 Å². The van der Waals surface area contributed by atoms with E-state index in [-0.39, 0.29) is 24.0 Å². The van der Waals surface area contributed by atoms with Gasteiger partial charge in [-0.05, 0) is 29.8 Å². The molecule has 0 bridgehead atoms. The number of ether oxygens (including phenoxy) is 2. The third kappa shape index (κ3) is 6.21. The number of aliphatic imine (C=N–C) groups is 1. The molecular formula is C20H25F2N3O2. The summed E-state index contributed by atoms with van der Waals surface area (Å²) >= 11 is 0. The largest absolute Gasteiger partial charge is 0.489 e. The minimum absolute atomic E-state index is 0.224. The number of hydrogen-bond donors (Lipinski definition) is 1. The van der Waals surface area contributed by atoms with Crippen molar-refractivity contribution in [2.75, 3.05) is 34.4 Å². The molecule has 2 aromatic rings. The molecule has 2 rings (SSSR count). The number of likely N-dealkylation sites (N-methyl/N-ethyl adjacent to an activating group) is 1. The standard InChI is InChI=1S/C20H25F2N3O2/c1-23-20(24-13-15-8-9-17(21)16(12-15)14-26-3)25(2)10-11-27-19-7-5-4-6-18(19)22/h4-9,12H,10-11,13-14H2,1-3H3,(H,23,24). The summed E-state index contributed by atoms with van der Waals surface area (Å²) in [5.74, 6) is 0.216. The van der Waals surface area contributed by atoms with Gasteiger partial charge in [0.25, 0.3) is 0 Å². The van der Waals surface area contributed by atoms with Crippen LogP contribution in [0, 0.1) is 11.6 Å². The summed E-state index contributed by atoms with van der Waals surface area (Å²) in [6, 6.07) is 11.2. The molecule has 0 saturated carbocycles. The second-order valence-corrected chi connectivity index (χ2v) is 5.96. The van der Waals surface area contributed by atoms with Gasteiger partial charge in [-0.1, -0.05) is 18.2 Å². The first kappa shape index (κ1) is 20.6. The van der Waals surface area contributed by atoms with Gasteiger partial charge in [0.05, 0.1) is 13.2 Å². The number of hydrogen-bond acceptors (Lipinski definition) is 3. The van der Waals surface area contributed by atoms with Crippen molar-refractivity contribution >= 4 is 5.96 Å². The van der Waals surface area contributed by atoms with Crippen molar-refractivity contribution < 1.29 is 18.3 Å². The fourth-order valence-corrected chi connectivity index (χ4v) is 2.53. The molecular weight excluding hydrogens is 352 g/mol. The predicted octanol–water partition coefficient (Wildman–Crippen LogP) is 3.20. The average Bonchev–Trinajstić information content (AvgIpc) is 2.66. The molecule has 0 aliphatic carbocycles. The van der Waals surface area contributed by atoms with E-state index in [1.807, 2.05) is 11.9 Å². The smallest absolute Gasteiger partial charge is 0.193 e. The first-order valence-electron chi connectivity index (χ1n) is 8.60. The lowest BCUT2D eigenvalue weighted by Crippen LogP contribution is -2.40. The number of nitrogens with one attached hydrogen (secondary N) is 1. The van der Waals surface area contributed by atoms with Crippen LogP contribution in [-0.4, -0.2) is 45.2 Å². The number of methoxy groups -OCH3 is 1. The molecule has 0 saturated heterocycles. The van der Waals surface area contributed by atoms with Crippen LogP contribution in [-0.2, 0) is 17.9 Å². The summed E-state index contributed by atoms with van der Waals surface area (Å²) in [4.78, 5) is 6.10. The third-order valence-electron chi connectivity index (χ3n) is 3.95. The summed E-state index contributed by atoms with van der Waals surface area (Å²) < 4.78 is 37.7. The normalized spacial score (nSPS) is 11.4. The van der Waals surface area contributed by atoms with Crippen LogP contribution in [0.4, 0.5) is 8.78 Å². The van der Waals surface area contributed by atoms with Gasteiger partial charge in [0.15, 0.2) is 17.5 Å². The van der Waals surface area contributed by atoms with E-state index in [1.54, 1.807) is 37.4 Å². The zero-order valence-electron chi connectivity index (χ0n) is 15.8. The second-order valence-electron chi connectivity index (χ2n) is 5.96. The zero-order valence-corrected chi connectivity index (χ0v) is 15.8. The fraction of sp³-hybridized carbons (Fsp3) is 0.350. The Bertz CT molecular complexity index is 769. The van der Waals surface area contributed by atoms with Crippen LogP contribution in [0.25, 0.3) is 0 Å². The van der Waals surface area contributed by atoms with E-state index < -0.39 is 0 Å². The van der Waals surface area contributed by atoms with Crippen molar-refractivity contribution in [1.29, 1.82) is 0 Å². The van der Waals surface area contributed by atoms with Crippen molar-refractivity contribution in [3.05, 3.63) is 65.2 Å². The molecule has 0 amide bonds. The number of halogens is 2. The molecule has 0 atom stereocenters. The zero-order chi connectivity index (χ0) is 19.6. The van der Waals surface area contributed by atoms with E-state index >= 15 is 0 Å². The quantitative estimate of drug-likeness (QED) is 0.567. The van der Waals surface area contributed by atoms with Crippen LogP contribution in [0.2, 0.25) is 0 Å². The molecule has 27 heavy (non-hydrogen) atoms. The van der Waals surface area contributed by atoms with Gasteiger partial charge in [-0.2, -0.15) is 0 Å². The van der Waals surface area contributed by atoms with Gasteiger partial charge >= 0.3 is 0 Å². The highest BCUT2D eigenvalue weighted by Gasteiger charge is 2.09.